The predicted molar refractivity (Wildman–Crippen MR) is 53.5 cm³/mol. The van der Waals surface area contributed by atoms with E-state index in [2.05, 4.69) is 12.4 Å². The second-order valence-corrected chi connectivity index (χ2v) is 3.30. The van der Waals surface area contributed by atoms with Gasteiger partial charge in [0.1, 0.15) is 0 Å². The summed E-state index contributed by atoms with van der Waals surface area (Å²) in [6.45, 7) is 2.97. The molecule has 0 bridgehead atoms. The Hall–Kier alpha value is 0.210. The SMILES string of the molecule is CCCONC1CCCCC1.Cl. The average Bonchev–Trinajstić information content (AvgIpc) is 2.07. The molecule has 1 rings (SSSR count). The summed E-state index contributed by atoms with van der Waals surface area (Å²) in [5.41, 5.74) is 3.12. The molecule has 1 aliphatic rings. The molecule has 0 atom stereocenters. The Morgan fingerprint density at radius 3 is 2.50 bits per heavy atom. The Balaban J connectivity index is 0.00000121. The topological polar surface area (TPSA) is 21.3 Å². The van der Waals surface area contributed by atoms with E-state index in [0.29, 0.717) is 6.04 Å². The third kappa shape index (κ3) is 4.96. The van der Waals surface area contributed by atoms with Crippen molar-refractivity contribution in [2.75, 3.05) is 6.61 Å². The third-order valence-electron chi connectivity index (χ3n) is 2.16. The van der Waals surface area contributed by atoms with Crippen LogP contribution in [0.4, 0.5) is 0 Å². The molecule has 1 N–H and O–H groups in total. The van der Waals surface area contributed by atoms with Crippen LogP contribution in [0.5, 0.6) is 0 Å². The lowest BCUT2D eigenvalue weighted by atomic mass is 9.96. The monoisotopic (exact) mass is 193 g/mol. The van der Waals surface area contributed by atoms with Gasteiger partial charge in [0.05, 0.1) is 6.61 Å². The summed E-state index contributed by atoms with van der Waals surface area (Å²) in [5.74, 6) is 0. The molecule has 74 valence electrons. The van der Waals surface area contributed by atoms with Gasteiger partial charge < -0.3 is 4.84 Å². The van der Waals surface area contributed by atoms with E-state index in [4.69, 9.17) is 4.84 Å². The molecule has 0 heterocycles. The zero-order chi connectivity index (χ0) is 7.94. The fraction of sp³-hybridized carbons (Fsp3) is 1.00. The van der Waals surface area contributed by atoms with Gasteiger partial charge >= 0.3 is 0 Å². The lowest BCUT2D eigenvalue weighted by molar-refractivity contribution is 0.00765. The Kier molecular flexibility index (Phi) is 7.98. The zero-order valence-corrected chi connectivity index (χ0v) is 8.66. The van der Waals surface area contributed by atoms with Crippen molar-refractivity contribution in [3.63, 3.8) is 0 Å². The molecule has 1 aliphatic carbocycles. The van der Waals surface area contributed by atoms with Gasteiger partial charge in [0.25, 0.3) is 0 Å². The van der Waals surface area contributed by atoms with Crippen molar-refractivity contribution >= 4 is 12.4 Å². The molecule has 1 fully saturated rings. The van der Waals surface area contributed by atoms with Crippen LogP contribution in [0, 0.1) is 0 Å². The maximum Gasteiger partial charge on any atom is 0.0679 e. The first kappa shape index (κ1) is 12.2. The molecule has 0 aliphatic heterocycles. The zero-order valence-electron chi connectivity index (χ0n) is 7.84. The Bertz CT molecular complexity index is 94.5. The Labute approximate surface area is 81.4 Å². The minimum absolute atomic E-state index is 0. The van der Waals surface area contributed by atoms with Crippen LogP contribution in [-0.2, 0) is 4.84 Å². The van der Waals surface area contributed by atoms with E-state index >= 15 is 0 Å². The van der Waals surface area contributed by atoms with Crippen molar-refractivity contribution in [1.82, 2.24) is 5.48 Å². The minimum atomic E-state index is 0. The minimum Gasteiger partial charge on any atom is -0.302 e. The quantitative estimate of drug-likeness (QED) is 0.548. The van der Waals surface area contributed by atoms with Gasteiger partial charge in [0.2, 0.25) is 0 Å². The standard InChI is InChI=1S/C9H19NO.ClH/c1-2-8-11-10-9-6-4-3-5-7-9;/h9-10H,2-8H2,1H3;1H. The van der Waals surface area contributed by atoms with Gasteiger partial charge in [-0.2, -0.15) is 5.48 Å². The summed E-state index contributed by atoms with van der Waals surface area (Å²) in [4.78, 5) is 5.27. The first-order chi connectivity index (χ1) is 5.43. The summed E-state index contributed by atoms with van der Waals surface area (Å²) < 4.78 is 0. The first-order valence-corrected chi connectivity index (χ1v) is 4.81. The average molecular weight is 194 g/mol. The van der Waals surface area contributed by atoms with Gasteiger partial charge in [-0.3, -0.25) is 0 Å². The molecular weight excluding hydrogens is 174 g/mol. The molecule has 3 heteroatoms. The highest BCUT2D eigenvalue weighted by Crippen LogP contribution is 2.17. The molecule has 0 saturated heterocycles. The molecule has 0 spiro atoms. The van der Waals surface area contributed by atoms with Crippen LogP contribution in [0.3, 0.4) is 0 Å². The molecule has 2 nitrogen and oxygen atoms in total. The fourth-order valence-corrected chi connectivity index (χ4v) is 1.50. The second-order valence-electron chi connectivity index (χ2n) is 3.30. The normalized spacial score (nSPS) is 18.8. The number of hydrogen-bond donors (Lipinski definition) is 1. The number of nitrogens with one attached hydrogen (secondary N) is 1. The second kappa shape index (κ2) is 7.84. The van der Waals surface area contributed by atoms with Crippen LogP contribution >= 0.6 is 12.4 Å². The Morgan fingerprint density at radius 2 is 1.92 bits per heavy atom. The van der Waals surface area contributed by atoms with Crippen LogP contribution < -0.4 is 5.48 Å². The van der Waals surface area contributed by atoms with Gasteiger partial charge in [0, 0.05) is 6.04 Å². The van der Waals surface area contributed by atoms with Crippen molar-refractivity contribution in [2.45, 2.75) is 51.5 Å². The molecule has 1 saturated carbocycles. The van der Waals surface area contributed by atoms with Crippen molar-refractivity contribution in [1.29, 1.82) is 0 Å². The van der Waals surface area contributed by atoms with E-state index in [0.717, 1.165) is 13.0 Å². The van der Waals surface area contributed by atoms with Gasteiger partial charge in [-0.1, -0.05) is 26.2 Å². The fourth-order valence-electron chi connectivity index (χ4n) is 1.50. The van der Waals surface area contributed by atoms with Crippen molar-refractivity contribution < 1.29 is 4.84 Å². The number of hydroxylamine groups is 1. The van der Waals surface area contributed by atoms with E-state index in [1.807, 2.05) is 0 Å². The van der Waals surface area contributed by atoms with E-state index in [1.54, 1.807) is 0 Å². The Morgan fingerprint density at radius 1 is 1.25 bits per heavy atom. The molecule has 0 radical (unpaired) electrons. The van der Waals surface area contributed by atoms with Crippen LogP contribution in [-0.4, -0.2) is 12.6 Å². The summed E-state index contributed by atoms with van der Waals surface area (Å²) in [6, 6.07) is 0.635. The van der Waals surface area contributed by atoms with E-state index in [-0.39, 0.29) is 12.4 Å². The molecule has 0 aromatic heterocycles. The molecule has 0 aromatic rings. The van der Waals surface area contributed by atoms with Gasteiger partial charge in [-0.25, -0.2) is 0 Å². The lowest BCUT2D eigenvalue weighted by Gasteiger charge is -2.21. The maximum atomic E-state index is 5.27. The summed E-state index contributed by atoms with van der Waals surface area (Å²) in [5, 5.41) is 0. The highest BCUT2D eigenvalue weighted by molar-refractivity contribution is 5.85. The van der Waals surface area contributed by atoms with Gasteiger partial charge in [-0.05, 0) is 19.3 Å². The molecule has 0 unspecified atom stereocenters. The highest BCUT2D eigenvalue weighted by atomic mass is 35.5. The van der Waals surface area contributed by atoms with Crippen molar-refractivity contribution in [3.8, 4) is 0 Å². The van der Waals surface area contributed by atoms with Crippen molar-refractivity contribution in [2.24, 2.45) is 0 Å². The number of rotatable bonds is 4. The first-order valence-electron chi connectivity index (χ1n) is 4.81. The van der Waals surface area contributed by atoms with Gasteiger partial charge in [0.15, 0.2) is 0 Å². The summed E-state index contributed by atoms with van der Waals surface area (Å²) in [6.07, 6.45) is 7.83. The number of hydrogen-bond acceptors (Lipinski definition) is 2. The van der Waals surface area contributed by atoms with E-state index in [9.17, 15) is 0 Å². The largest absolute Gasteiger partial charge is 0.302 e. The van der Waals surface area contributed by atoms with Gasteiger partial charge in [-0.15, -0.1) is 12.4 Å². The molecule has 0 amide bonds. The van der Waals surface area contributed by atoms with E-state index in [1.165, 1.54) is 32.1 Å². The lowest BCUT2D eigenvalue weighted by Crippen LogP contribution is -2.31. The predicted octanol–water partition coefficient (Wildman–Crippen LogP) is 2.67. The van der Waals surface area contributed by atoms with Crippen LogP contribution in [0.2, 0.25) is 0 Å². The van der Waals surface area contributed by atoms with Crippen LogP contribution in [0.25, 0.3) is 0 Å². The summed E-state index contributed by atoms with van der Waals surface area (Å²) in [7, 11) is 0. The molecule has 0 aromatic carbocycles. The number of halogens is 1. The summed E-state index contributed by atoms with van der Waals surface area (Å²) >= 11 is 0. The van der Waals surface area contributed by atoms with E-state index < -0.39 is 0 Å². The van der Waals surface area contributed by atoms with Crippen LogP contribution in [0.1, 0.15) is 45.4 Å². The molecular formula is C9H20ClNO. The maximum absolute atomic E-state index is 5.27. The smallest absolute Gasteiger partial charge is 0.0679 e. The highest BCUT2D eigenvalue weighted by Gasteiger charge is 2.11. The van der Waals surface area contributed by atoms with Crippen LogP contribution in [0.15, 0.2) is 0 Å². The third-order valence-corrected chi connectivity index (χ3v) is 2.16. The van der Waals surface area contributed by atoms with Crippen molar-refractivity contribution in [3.05, 3.63) is 0 Å². The molecule has 12 heavy (non-hydrogen) atoms.